The third-order valence-corrected chi connectivity index (χ3v) is 6.07. The molecule has 2 saturated carbocycles. The molecule has 1 aromatic rings. The number of rotatable bonds is 3. The number of halogens is 2. The number of esters is 1. The van der Waals surface area contributed by atoms with Crippen molar-refractivity contribution in [3.8, 4) is 5.75 Å². The highest BCUT2D eigenvalue weighted by atomic mass is 35.5. The molecule has 24 heavy (non-hydrogen) atoms. The fourth-order valence-electron chi connectivity index (χ4n) is 4.04. The van der Waals surface area contributed by atoms with Crippen molar-refractivity contribution in [2.24, 2.45) is 11.8 Å². The molecule has 2 aliphatic rings. The first kappa shape index (κ1) is 17.7. The van der Waals surface area contributed by atoms with Crippen LogP contribution in [0.1, 0.15) is 76.2 Å². The van der Waals surface area contributed by atoms with Crippen LogP contribution in [0.25, 0.3) is 0 Å². The van der Waals surface area contributed by atoms with Gasteiger partial charge in [-0.2, -0.15) is 0 Å². The second kappa shape index (κ2) is 7.86. The Morgan fingerprint density at radius 1 is 1.08 bits per heavy atom. The Balaban J connectivity index is 1.70. The monoisotopic (exact) mass is 352 g/mol. The highest BCUT2D eigenvalue weighted by Crippen LogP contribution is 2.40. The molecule has 2 nitrogen and oxygen atoms in total. The van der Waals surface area contributed by atoms with E-state index in [2.05, 4.69) is 6.92 Å². The van der Waals surface area contributed by atoms with E-state index >= 15 is 0 Å². The summed E-state index contributed by atoms with van der Waals surface area (Å²) in [5, 5.41) is 0.129. The van der Waals surface area contributed by atoms with Gasteiger partial charge in [0.15, 0.2) is 11.6 Å². The minimum atomic E-state index is -0.586. The Morgan fingerprint density at radius 2 is 1.75 bits per heavy atom. The van der Waals surface area contributed by atoms with E-state index in [0.717, 1.165) is 44.1 Å². The predicted octanol–water partition coefficient (Wildman–Crippen LogP) is 6.26. The number of benzene rings is 1. The van der Waals surface area contributed by atoms with Crippen molar-refractivity contribution in [1.82, 2.24) is 0 Å². The molecule has 132 valence electrons. The molecule has 0 N–H and O–H groups in total. The van der Waals surface area contributed by atoms with Crippen molar-refractivity contribution in [3.05, 3.63) is 28.5 Å². The zero-order valence-corrected chi connectivity index (χ0v) is 15.1. The van der Waals surface area contributed by atoms with Crippen molar-refractivity contribution in [2.45, 2.75) is 70.6 Å². The van der Waals surface area contributed by atoms with Crippen molar-refractivity contribution < 1.29 is 13.9 Å². The van der Waals surface area contributed by atoms with Crippen LogP contribution in [0.3, 0.4) is 0 Å². The molecule has 0 heterocycles. The molecule has 0 atom stereocenters. The maximum Gasteiger partial charge on any atom is 0.314 e. The molecular formula is C20H26ClFO2. The van der Waals surface area contributed by atoms with Crippen LogP contribution in [-0.4, -0.2) is 5.97 Å². The SMILES string of the molecule is CC1CCC(C(=O)Oc2ccc(C3CCCCC3)c(Cl)c2F)CC1. The van der Waals surface area contributed by atoms with E-state index in [1.54, 1.807) is 6.07 Å². The third-order valence-electron chi connectivity index (χ3n) is 5.68. The molecule has 0 aliphatic heterocycles. The van der Waals surface area contributed by atoms with E-state index < -0.39 is 5.82 Å². The fraction of sp³-hybridized carbons (Fsp3) is 0.650. The van der Waals surface area contributed by atoms with Gasteiger partial charge in [-0.3, -0.25) is 4.79 Å². The largest absolute Gasteiger partial charge is 0.423 e. The smallest absolute Gasteiger partial charge is 0.314 e. The van der Waals surface area contributed by atoms with Crippen molar-refractivity contribution in [2.75, 3.05) is 0 Å². The molecule has 0 aromatic heterocycles. The Hall–Kier alpha value is -1.09. The van der Waals surface area contributed by atoms with E-state index in [4.69, 9.17) is 16.3 Å². The van der Waals surface area contributed by atoms with Gasteiger partial charge in [-0.25, -0.2) is 4.39 Å². The van der Waals surface area contributed by atoms with Gasteiger partial charge in [0.25, 0.3) is 0 Å². The minimum Gasteiger partial charge on any atom is -0.423 e. The molecule has 0 bridgehead atoms. The molecule has 2 aliphatic carbocycles. The summed E-state index contributed by atoms with van der Waals surface area (Å²) in [4.78, 5) is 12.3. The molecule has 4 heteroatoms. The number of hydrogen-bond acceptors (Lipinski definition) is 2. The van der Waals surface area contributed by atoms with Crippen LogP contribution in [-0.2, 0) is 4.79 Å². The molecule has 2 fully saturated rings. The number of hydrogen-bond donors (Lipinski definition) is 0. The van der Waals surface area contributed by atoms with Crippen LogP contribution in [0.4, 0.5) is 4.39 Å². The van der Waals surface area contributed by atoms with Crippen LogP contribution in [0.15, 0.2) is 12.1 Å². The van der Waals surface area contributed by atoms with Crippen LogP contribution in [0.2, 0.25) is 5.02 Å². The van der Waals surface area contributed by atoms with E-state index in [1.165, 1.54) is 19.3 Å². The normalized spacial score (nSPS) is 25.5. The summed E-state index contributed by atoms with van der Waals surface area (Å²) in [5.74, 6) is -0.0551. The van der Waals surface area contributed by atoms with Crippen LogP contribution < -0.4 is 4.74 Å². The second-order valence-corrected chi connectivity index (χ2v) is 7.87. The lowest BCUT2D eigenvalue weighted by Gasteiger charge is -2.25. The van der Waals surface area contributed by atoms with Crippen LogP contribution in [0, 0.1) is 17.7 Å². The molecule has 0 radical (unpaired) electrons. The lowest BCUT2D eigenvalue weighted by atomic mass is 9.83. The molecule has 0 amide bonds. The maximum atomic E-state index is 14.6. The summed E-state index contributed by atoms with van der Waals surface area (Å²) in [5.41, 5.74) is 0.861. The predicted molar refractivity (Wildman–Crippen MR) is 94.0 cm³/mol. The first-order chi connectivity index (χ1) is 11.6. The quantitative estimate of drug-likeness (QED) is 0.474. The molecule has 0 spiro atoms. The summed E-state index contributed by atoms with van der Waals surface area (Å²) < 4.78 is 19.9. The van der Waals surface area contributed by atoms with Gasteiger partial charge in [0.2, 0.25) is 0 Å². The lowest BCUT2D eigenvalue weighted by Crippen LogP contribution is -2.25. The number of carbonyl (C=O) groups is 1. The van der Waals surface area contributed by atoms with Gasteiger partial charge in [-0.05, 0) is 62.0 Å². The topological polar surface area (TPSA) is 26.3 Å². The van der Waals surface area contributed by atoms with E-state index in [9.17, 15) is 9.18 Å². The van der Waals surface area contributed by atoms with Gasteiger partial charge in [0.05, 0.1) is 10.9 Å². The average molecular weight is 353 g/mol. The molecule has 0 saturated heterocycles. The van der Waals surface area contributed by atoms with E-state index in [0.29, 0.717) is 11.8 Å². The summed E-state index contributed by atoms with van der Waals surface area (Å²) in [7, 11) is 0. The van der Waals surface area contributed by atoms with Crippen LogP contribution >= 0.6 is 11.6 Å². The molecule has 1 aromatic carbocycles. The van der Waals surface area contributed by atoms with E-state index in [-0.39, 0.29) is 22.7 Å². The van der Waals surface area contributed by atoms with Crippen LogP contribution in [0.5, 0.6) is 5.75 Å². The zero-order valence-electron chi connectivity index (χ0n) is 14.3. The summed E-state index contributed by atoms with van der Waals surface area (Å²) in [6, 6.07) is 3.42. The van der Waals surface area contributed by atoms with Gasteiger partial charge < -0.3 is 4.74 Å². The zero-order chi connectivity index (χ0) is 17.1. The summed E-state index contributed by atoms with van der Waals surface area (Å²) in [6.07, 6.45) is 9.40. The summed E-state index contributed by atoms with van der Waals surface area (Å²) >= 11 is 6.25. The maximum absolute atomic E-state index is 14.6. The van der Waals surface area contributed by atoms with Gasteiger partial charge in [0.1, 0.15) is 0 Å². The van der Waals surface area contributed by atoms with Gasteiger partial charge in [0, 0.05) is 0 Å². The van der Waals surface area contributed by atoms with Gasteiger partial charge in [-0.1, -0.05) is 43.9 Å². The standard InChI is InChI=1S/C20H26ClFO2/c1-13-7-9-15(10-8-13)20(23)24-17-12-11-16(18(21)19(17)22)14-5-3-2-4-6-14/h11-15H,2-10H2,1H3. The fourth-order valence-corrected chi connectivity index (χ4v) is 4.35. The lowest BCUT2D eigenvalue weighted by molar-refractivity contribution is -0.140. The second-order valence-electron chi connectivity index (χ2n) is 7.49. The average Bonchev–Trinajstić information content (AvgIpc) is 2.60. The highest BCUT2D eigenvalue weighted by molar-refractivity contribution is 6.31. The minimum absolute atomic E-state index is 0.0248. The molecular weight excluding hydrogens is 327 g/mol. The van der Waals surface area contributed by atoms with Crippen molar-refractivity contribution in [3.63, 3.8) is 0 Å². The third kappa shape index (κ3) is 3.93. The van der Waals surface area contributed by atoms with Gasteiger partial charge in [-0.15, -0.1) is 0 Å². The highest BCUT2D eigenvalue weighted by Gasteiger charge is 2.28. The van der Waals surface area contributed by atoms with Crippen molar-refractivity contribution >= 4 is 17.6 Å². The first-order valence-electron chi connectivity index (χ1n) is 9.26. The summed E-state index contributed by atoms with van der Waals surface area (Å²) in [6.45, 7) is 2.20. The first-order valence-corrected chi connectivity index (χ1v) is 9.63. The van der Waals surface area contributed by atoms with Gasteiger partial charge >= 0.3 is 5.97 Å². The Bertz CT molecular complexity index is 588. The Kier molecular flexibility index (Phi) is 5.80. The Morgan fingerprint density at radius 3 is 2.42 bits per heavy atom. The molecule has 0 unspecified atom stereocenters. The van der Waals surface area contributed by atoms with E-state index in [1.807, 2.05) is 6.07 Å². The number of carbonyl (C=O) groups excluding carboxylic acids is 1. The number of ether oxygens (including phenoxy) is 1. The molecule has 3 rings (SSSR count). The van der Waals surface area contributed by atoms with Crippen molar-refractivity contribution in [1.29, 1.82) is 0 Å². The Labute approximate surface area is 148 Å².